The number of carbonyl (C=O) groups excluding carboxylic acids is 1. The second kappa shape index (κ2) is 7.81. The highest BCUT2D eigenvalue weighted by atomic mass is 16.5. The van der Waals surface area contributed by atoms with E-state index in [1.54, 1.807) is 11.8 Å². The van der Waals surface area contributed by atoms with E-state index >= 15 is 0 Å². The summed E-state index contributed by atoms with van der Waals surface area (Å²) in [6.45, 7) is 5.69. The number of ether oxygens (including phenoxy) is 1. The summed E-state index contributed by atoms with van der Waals surface area (Å²) in [6, 6.07) is 9.62. The van der Waals surface area contributed by atoms with Gasteiger partial charge in [-0.15, -0.1) is 0 Å². The maximum atomic E-state index is 12.7. The van der Waals surface area contributed by atoms with Gasteiger partial charge in [0.15, 0.2) is 5.69 Å². The molecule has 0 aliphatic rings. The van der Waals surface area contributed by atoms with Crippen molar-refractivity contribution in [1.29, 1.82) is 0 Å². The SMILES string of the molecule is CCCN(CCC)C(=O)c1cc(-c2ccc(OC)cc2)n(C)n1. The maximum absolute atomic E-state index is 12.7. The molecule has 0 unspecified atom stereocenters. The highest BCUT2D eigenvalue weighted by Gasteiger charge is 2.19. The van der Waals surface area contributed by atoms with Crippen LogP contribution in [0.2, 0.25) is 0 Å². The first-order chi connectivity index (χ1) is 11.1. The molecule has 0 radical (unpaired) electrons. The lowest BCUT2D eigenvalue weighted by atomic mass is 10.1. The third kappa shape index (κ3) is 3.92. The van der Waals surface area contributed by atoms with Gasteiger partial charge in [-0.05, 0) is 43.2 Å². The van der Waals surface area contributed by atoms with E-state index in [-0.39, 0.29) is 5.91 Å². The summed E-state index contributed by atoms with van der Waals surface area (Å²) in [5, 5.41) is 4.41. The van der Waals surface area contributed by atoms with Gasteiger partial charge >= 0.3 is 0 Å². The number of hydrogen-bond donors (Lipinski definition) is 0. The van der Waals surface area contributed by atoms with E-state index in [4.69, 9.17) is 4.74 Å². The zero-order chi connectivity index (χ0) is 16.8. The van der Waals surface area contributed by atoms with Gasteiger partial charge in [0.05, 0.1) is 12.8 Å². The molecule has 1 amide bonds. The van der Waals surface area contributed by atoms with Gasteiger partial charge in [-0.3, -0.25) is 9.48 Å². The number of nitrogens with zero attached hydrogens (tertiary/aromatic N) is 3. The summed E-state index contributed by atoms with van der Waals surface area (Å²) in [7, 11) is 3.51. The second-order valence-corrected chi connectivity index (χ2v) is 5.56. The number of amides is 1. The van der Waals surface area contributed by atoms with Gasteiger partial charge in [0.25, 0.3) is 5.91 Å². The summed E-state index contributed by atoms with van der Waals surface area (Å²) in [4.78, 5) is 14.5. The van der Waals surface area contributed by atoms with Gasteiger partial charge < -0.3 is 9.64 Å². The zero-order valence-electron chi connectivity index (χ0n) is 14.4. The lowest BCUT2D eigenvalue weighted by Gasteiger charge is -2.20. The lowest BCUT2D eigenvalue weighted by Crippen LogP contribution is -2.32. The molecule has 0 N–H and O–H groups in total. The lowest BCUT2D eigenvalue weighted by molar-refractivity contribution is 0.0749. The Balaban J connectivity index is 2.27. The molecule has 1 heterocycles. The van der Waals surface area contributed by atoms with Gasteiger partial charge in [-0.25, -0.2) is 0 Å². The molecule has 0 saturated heterocycles. The maximum Gasteiger partial charge on any atom is 0.274 e. The van der Waals surface area contributed by atoms with Crippen molar-refractivity contribution in [2.45, 2.75) is 26.7 Å². The van der Waals surface area contributed by atoms with E-state index in [9.17, 15) is 4.79 Å². The number of hydrogen-bond acceptors (Lipinski definition) is 3. The van der Waals surface area contributed by atoms with Gasteiger partial charge in [-0.1, -0.05) is 13.8 Å². The van der Waals surface area contributed by atoms with Gasteiger partial charge in [0.1, 0.15) is 5.75 Å². The molecule has 2 aromatic rings. The number of aryl methyl sites for hydroxylation is 1. The third-order valence-corrected chi connectivity index (χ3v) is 3.76. The van der Waals surface area contributed by atoms with Gasteiger partial charge in [-0.2, -0.15) is 5.10 Å². The van der Waals surface area contributed by atoms with Crippen LogP contribution in [0.3, 0.4) is 0 Å². The van der Waals surface area contributed by atoms with Crippen molar-refractivity contribution in [3.63, 3.8) is 0 Å². The number of carbonyl (C=O) groups is 1. The molecule has 0 spiro atoms. The summed E-state index contributed by atoms with van der Waals surface area (Å²) >= 11 is 0. The summed E-state index contributed by atoms with van der Waals surface area (Å²) in [5.41, 5.74) is 2.43. The average Bonchev–Trinajstić information content (AvgIpc) is 2.96. The van der Waals surface area contributed by atoms with E-state index in [1.807, 2.05) is 42.3 Å². The number of methoxy groups -OCH3 is 1. The van der Waals surface area contributed by atoms with E-state index in [0.29, 0.717) is 5.69 Å². The van der Waals surface area contributed by atoms with Gasteiger partial charge in [0.2, 0.25) is 0 Å². The molecule has 1 aromatic heterocycles. The van der Waals surface area contributed by atoms with Crippen LogP contribution >= 0.6 is 0 Å². The molecule has 1 aromatic carbocycles. The first-order valence-electron chi connectivity index (χ1n) is 8.08. The predicted octanol–water partition coefficient (Wildman–Crippen LogP) is 3.36. The third-order valence-electron chi connectivity index (χ3n) is 3.76. The van der Waals surface area contributed by atoms with Crippen molar-refractivity contribution in [2.75, 3.05) is 20.2 Å². The van der Waals surface area contributed by atoms with Crippen molar-refractivity contribution < 1.29 is 9.53 Å². The Hall–Kier alpha value is -2.30. The summed E-state index contributed by atoms with van der Waals surface area (Å²) < 4.78 is 6.94. The minimum atomic E-state index is 0.00376. The topological polar surface area (TPSA) is 47.4 Å². The molecule has 0 aliphatic carbocycles. The molecule has 0 saturated carbocycles. The normalized spacial score (nSPS) is 10.6. The molecular weight excluding hydrogens is 290 g/mol. The minimum Gasteiger partial charge on any atom is -0.497 e. The van der Waals surface area contributed by atoms with E-state index < -0.39 is 0 Å². The van der Waals surface area contributed by atoms with Crippen molar-refractivity contribution in [2.24, 2.45) is 7.05 Å². The van der Waals surface area contributed by atoms with E-state index in [0.717, 1.165) is 42.9 Å². The molecule has 0 bridgehead atoms. The van der Waals surface area contributed by atoms with Crippen molar-refractivity contribution in [1.82, 2.24) is 14.7 Å². The summed E-state index contributed by atoms with van der Waals surface area (Å²) in [6.07, 6.45) is 1.90. The second-order valence-electron chi connectivity index (χ2n) is 5.56. The van der Waals surface area contributed by atoms with Crippen LogP contribution in [0.5, 0.6) is 5.75 Å². The Morgan fingerprint density at radius 3 is 2.30 bits per heavy atom. The van der Waals surface area contributed by atoms with Crippen LogP contribution in [0, 0.1) is 0 Å². The van der Waals surface area contributed by atoms with Crippen molar-refractivity contribution >= 4 is 5.91 Å². The molecule has 5 heteroatoms. The van der Waals surface area contributed by atoms with Crippen molar-refractivity contribution in [3.05, 3.63) is 36.0 Å². The number of benzene rings is 1. The van der Waals surface area contributed by atoms with E-state index in [1.165, 1.54) is 0 Å². The monoisotopic (exact) mass is 315 g/mol. The highest BCUT2D eigenvalue weighted by Crippen LogP contribution is 2.23. The Bertz CT molecular complexity index is 641. The zero-order valence-corrected chi connectivity index (χ0v) is 14.4. The van der Waals surface area contributed by atoms with Crippen LogP contribution in [0.25, 0.3) is 11.3 Å². The highest BCUT2D eigenvalue weighted by molar-refractivity contribution is 5.93. The van der Waals surface area contributed by atoms with Crippen LogP contribution < -0.4 is 4.74 Å². The molecule has 23 heavy (non-hydrogen) atoms. The Kier molecular flexibility index (Phi) is 5.79. The fourth-order valence-electron chi connectivity index (χ4n) is 2.62. The Labute approximate surface area is 137 Å². The predicted molar refractivity (Wildman–Crippen MR) is 91.7 cm³/mol. The largest absolute Gasteiger partial charge is 0.497 e. The van der Waals surface area contributed by atoms with Crippen LogP contribution in [0.4, 0.5) is 0 Å². The molecule has 0 atom stereocenters. The van der Waals surface area contributed by atoms with Crippen LogP contribution in [-0.4, -0.2) is 40.8 Å². The van der Waals surface area contributed by atoms with Crippen LogP contribution in [0.1, 0.15) is 37.2 Å². The average molecular weight is 315 g/mol. The fraction of sp³-hybridized carbons (Fsp3) is 0.444. The molecule has 124 valence electrons. The molecular formula is C18H25N3O2. The Morgan fingerprint density at radius 1 is 1.17 bits per heavy atom. The fourth-order valence-corrected chi connectivity index (χ4v) is 2.62. The summed E-state index contributed by atoms with van der Waals surface area (Å²) in [5.74, 6) is 0.813. The van der Waals surface area contributed by atoms with E-state index in [2.05, 4.69) is 18.9 Å². The standard InChI is InChI=1S/C18H25N3O2/c1-5-11-21(12-6-2)18(22)16-13-17(20(3)19-16)14-7-9-15(23-4)10-8-14/h7-10,13H,5-6,11-12H2,1-4H3. The molecule has 2 rings (SSSR count). The van der Waals surface area contributed by atoms with Crippen LogP contribution in [0.15, 0.2) is 30.3 Å². The first-order valence-corrected chi connectivity index (χ1v) is 8.08. The van der Waals surface area contributed by atoms with Crippen LogP contribution in [-0.2, 0) is 7.05 Å². The number of aromatic nitrogens is 2. The smallest absolute Gasteiger partial charge is 0.274 e. The van der Waals surface area contributed by atoms with Gasteiger partial charge in [0, 0.05) is 25.7 Å². The quantitative estimate of drug-likeness (QED) is 0.787. The first kappa shape index (κ1) is 17.1. The molecule has 0 fully saturated rings. The van der Waals surface area contributed by atoms with Crippen molar-refractivity contribution in [3.8, 4) is 17.0 Å². The minimum absolute atomic E-state index is 0.00376. The number of rotatable bonds is 7. The molecule has 0 aliphatic heterocycles. The Morgan fingerprint density at radius 2 is 1.78 bits per heavy atom. The molecule has 5 nitrogen and oxygen atoms in total.